The molecule has 4 aromatic rings. The molecule has 0 aliphatic heterocycles. The van der Waals surface area contributed by atoms with Crippen LogP contribution >= 0.6 is 22.9 Å². The molecule has 0 fully saturated rings. The molecule has 0 atom stereocenters. The molecule has 4 rings (SSSR count). The van der Waals surface area contributed by atoms with E-state index in [1.54, 1.807) is 24.3 Å². The first-order valence-corrected chi connectivity index (χ1v) is 9.84. The number of nitrogens with zero attached hydrogens (tertiary/aromatic N) is 1. The Morgan fingerprint density at radius 2 is 1.62 bits per heavy atom. The van der Waals surface area contributed by atoms with Gasteiger partial charge in [-0.25, -0.2) is 13.8 Å². The molecule has 0 aliphatic carbocycles. The zero-order chi connectivity index (χ0) is 20.4. The van der Waals surface area contributed by atoms with Gasteiger partial charge in [0.15, 0.2) is 0 Å². The van der Waals surface area contributed by atoms with Crippen molar-refractivity contribution in [1.29, 1.82) is 0 Å². The number of carbonyl (C=O) groups is 1. The molecule has 0 saturated carbocycles. The third-order valence-corrected chi connectivity index (χ3v) is 5.35. The van der Waals surface area contributed by atoms with Crippen LogP contribution < -0.4 is 5.32 Å². The normalized spacial score (nSPS) is 10.7. The van der Waals surface area contributed by atoms with Crippen molar-refractivity contribution in [2.24, 2.45) is 0 Å². The molecule has 1 heterocycles. The van der Waals surface area contributed by atoms with Gasteiger partial charge in [0, 0.05) is 27.2 Å². The number of carbonyl (C=O) groups excluding carboxylic acids is 1. The van der Waals surface area contributed by atoms with E-state index in [1.165, 1.54) is 11.3 Å². The Labute approximate surface area is 174 Å². The smallest absolute Gasteiger partial charge is 0.258 e. The number of rotatable bonds is 4. The van der Waals surface area contributed by atoms with Gasteiger partial charge in [0.05, 0.1) is 11.3 Å². The van der Waals surface area contributed by atoms with Crippen molar-refractivity contribution >= 4 is 34.5 Å². The minimum atomic E-state index is -0.780. The molecule has 29 heavy (non-hydrogen) atoms. The van der Waals surface area contributed by atoms with Crippen LogP contribution in [0.1, 0.15) is 10.4 Å². The molecule has 7 heteroatoms. The second-order valence-electron chi connectivity index (χ2n) is 6.20. The monoisotopic (exact) mass is 426 g/mol. The summed E-state index contributed by atoms with van der Waals surface area (Å²) in [7, 11) is 0. The highest BCUT2D eigenvalue weighted by Crippen LogP contribution is 2.30. The van der Waals surface area contributed by atoms with Crippen molar-refractivity contribution in [2.45, 2.75) is 0 Å². The van der Waals surface area contributed by atoms with Crippen molar-refractivity contribution in [3.63, 3.8) is 0 Å². The fourth-order valence-electron chi connectivity index (χ4n) is 2.73. The maximum Gasteiger partial charge on any atom is 0.258 e. The highest BCUT2D eigenvalue weighted by molar-refractivity contribution is 7.13. The van der Waals surface area contributed by atoms with Crippen LogP contribution in [0.3, 0.4) is 0 Å². The van der Waals surface area contributed by atoms with Crippen molar-refractivity contribution < 1.29 is 13.6 Å². The fraction of sp³-hybridized carbons (Fsp3) is 0. The number of amides is 1. The summed E-state index contributed by atoms with van der Waals surface area (Å²) in [6.45, 7) is 0. The van der Waals surface area contributed by atoms with Crippen LogP contribution in [0.15, 0.2) is 72.1 Å². The van der Waals surface area contributed by atoms with Gasteiger partial charge in [0.2, 0.25) is 0 Å². The number of hydrogen-bond acceptors (Lipinski definition) is 3. The van der Waals surface area contributed by atoms with E-state index in [-0.39, 0.29) is 5.56 Å². The van der Waals surface area contributed by atoms with Gasteiger partial charge in [0.1, 0.15) is 16.6 Å². The minimum absolute atomic E-state index is 0.346. The second-order valence-corrected chi connectivity index (χ2v) is 7.49. The van der Waals surface area contributed by atoms with Crippen LogP contribution in [0.25, 0.3) is 21.8 Å². The molecular weight excluding hydrogens is 414 g/mol. The lowest BCUT2D eigenvalue weighted by molar-refractivity contribution is 0.102. The van der Waals surface area contributed by atoms with Crippen molar-refractivity contribution in [3.8, 4) is 21.8 Å². The van der Waals surface area contributed by atoms with Crippen molar-refractivity contribution in [1.82, 2.24) is 4.98 Å². The molecule has 1 aromatic heterocycles. The van der Waals surface area contributed by atoms with E-state index in [4.69, 9.17) is 11.6 Å². The molecule has 144 valence electrons. The van der Waals surface area contributed by atoms with E-state index in [0.717, 1.165) is 40.0 Å². The Morgan fingerprint density at radius 1 is 0.931 bits per heavy atom. The first-order chi connectivity index (χ1) is 14.0. The van der Waals surface area contributed by atoms with E-state index in [2.05, 4.69) is 10.3 Å². The molecular formula is C22H13ClF2N2OS. The molecule has 1 N–H and O–H groups in total. The molecule has 0 unspecified atom stereocenters. The number of nitrogens with one attached hydrogen (secondary N) is 1. The maximum absolute atomic E-state index is 13.7. The van der Waals surface area contributed by atoms with Gasteiger partial charge in [-0.05, 0) is 42.5 Å². The Hall–Kier alpha value is -3.09. The summed E-state index contributed by atoms with van der Waals surface area (Å²) in [4.78, 5) is 16.8. The Morgan fingerprint density at radius 3 is 2.34 bits per heavy atom. The average molecular weight is 427 g/mol. The summed E-state index contributed by atoms with van der Waals surface area (Å²) in [5.74, 6) is -2.17. The second kappa shape index (κ2) is 8.11. The van der Waals surface area contributed by atoms with E-state index in [1.807, 2.05) is 29.6 Å². The van der Waals surface area contributed by atoms with Crippen molar-refractivity contribution in [2.75, 3.05) is 5.32 Å². The maximum atomic E-state index is 13.7. The molecule has 3 nitrogen and oxygen atoms in total. The van der Waals surface area contributed by atoms with Crippen LogP contribution in [0.2, 0.25) is 5.02 Å². The SMILES string of the molecule is O=C(Nc1ccc(-c2csc(-c3ccc(Cl)cc3)n2)cc1)c1cc(F)ccc1F. The van der Waals surface area contributed by atoms with Gasteiger partial charge in [-0.2, -0.15) is 0 Å². The van der Waals surface area contributed by atoms with Gasteiger partial charge >= 0.3 is 0 Å². The predicted molar refractivity (Wildman–Crippen MR) is 112 cm³/mol. The van der Waals surface area contributed by atoms with Gasteiger partial charge in [0.25, 0.3) is 5.91 Å². The first-order valence-electron chi connectivity index (χ1n) is 8.58. The predicted octanol–water partition coefficient (Wildman–Crippen LogP) is 6.66. The molecule has 0 bridgehead atoms. The molecule has 0 radical (unpaired) electrons. The van der Waals surface area contributed by atoms with E-state index < -0.39 is 17.5 Å². The Bertz CT molecular complexity index is 1170. The molecule has 3 aromatic carbocycles. The summed E-state index contributed by atoms with van der Waals surface area (Å²) in [6.07, 6.45) is 0. The number of aromatic nitrogens is 1. The fourth-order valence-corrected chi connectivity index (χ4v) is 3.69. The summed E-state index contributed by atoms with van der Waals surface area (Å²) in [5.41, 5.74) is 2.77. The summed E-state index contributed by atoms with van der Waals surface area (Å²) in [6, 6.07) is 17.2. The van der Waals surface area contributed by atoms with Crippen molar-refractivity contribution in [3.05, 3.63) is 94.3 Å². The summed E-state index contributed by atoms with van der Waals surface area (Å²) < 4.78 is 27.0. The zero-order valence-electron chi connectivity index (χ0n) is 14.8. The first kappa shape index (κ1) is 19.2. The number of halogens is 3. The van der Waals surface area contributed by atoms with Crippen LogP contribution in [0.4, 0.5) is 14.5 Å². The molecule has 0 saturated heterocycles. The largest absolute Gasteiger partial charge is 0.322 e. The van der Waals surface area contributed by atoms with Gasteiger partial charge in [-0.15, -0.1) is 11.3 Å². The third-order valence-electron chi connectivity index (χ3n) is 4.21. The van der Waals surface area contributed by atoms with Crippen LogP contribution in [0.5, 0.6) is 0 Å². The standard InChI is InChI=1S/C22H13ClF2N2OS/c23-15-5-1-14(2-6-15)22-27-20(12-29-22)13-3-8-17(9-4-13)26-21(28)18-11-16(24)7-10-19(18)25/h1-12H,(H,26,28). The lowest BCUT2D eigenvalue weighted by Crippen LogP contribution is -2.14. The van der Waals surface area contributed by atoms with Crippen LogP contribution in [-0.2, 0) is 0 Å². The lowest BCUT2D eigenvalue weighted by atomic mass is 10.1. The third kappa shape index (κ3) is 4.34. The van der Waals surface area contributed by atoms with Crippen LogP contribution in [0, 0.1) is 11.6 Å². The highest BCUT2D eigenvalue weighted by atomic mass is 35.5. The van der Waals surface area contributed by atoms with Crippen LogP contribution in [-0.4, -0.2) is 10.9 Å². The summed E-state index contributed by atoms with van der Waals surface area (Å²) in [5, 5.41) is 6.05. The van der Waals surface area contributed by atoms with E-state index >= 15 is 0 Å². The number of hydrogen-bond donors (Lipinski definition) is 1. The molecule has 0 aliphatic rings. The minimum Gasteiger partial charge on any atom is -0.322 e. The highest BCUT2D eigenvalue weighted by Gasteiger charge is 2.13. The quantitative estimate of drug-likeness (QED) is 0.396. The van der Waals surface area contributed by atoms with E-state index in [9.17, 15) is 13.6 Å². The van der Waals surface area contributed by atoms with Gasteiger partial charge in [-0.1, -0.05) is 35.9 Å². The van der Waals surface area contributed by atoms with Gasteiger partial charge < -0.3 is 5.32 Å². The molecule has 0 spiro atoms. The summed E-state index contributed by atoms with van der Waals surface area (Å²) >= 11 is 7.44. The molecule has 1 amide bonds. The Balaban J connectivity index is 1.50. The number of anilines is 1. The van der Waals surface area contributed by atoms with E-state index in [0.29, 0.717) is 10.7 Å². The average Bonchev–Trinajstić information content (AvgIpc) is 3.21. The number of benzene rings is 3. The zero-order valence-corrected chi connectivity index (χ0v) is 16.4. The number of thiazole rings is 1. The Kier molecular flexibility index (Phi) is 5.38. The lowest BCUT2D eigenvalue weighted by Gasteiger charge is -2.07. The topological polar surface area (TPSA) is 42.0 Å². The van der Waals surface area contributed by atoms with Gasteiger partial charge in [-0.3, -0.25) is 4.79 Å².